The zero-order valence-electron chi connectivity index (χ0n) is 20.2. The summed E-state index contributed by atoms with van der Waals surface area (Å²) in [6.07, 6.45) is 1.63. The van der Waals surface area contributed by atoms with Crippen molar-refractivity contribution >= 4 is 34.1 Å². The molecule has 0 aliphatic carbocycles. The predicted molar refractivity (Wildman–Crippen MR) is 142 cm³/mol. The van der Waals surface area contributed by atoms with Gasteiger partial charge in [-0.15, -0.1) is 0 Å². The van der Waals surface area contributed by atoms with Gasteiger partial charge in [-0.2, -0.15) is 0 Å². The third-order valence-electron chi connectivity index (χ3n) is 6.70. The molecule has 2 heterocycles. The largest absolute Gasteiger partial charge is 0.354 e. The van der Waals surface area contributed by atoms with E-state index in [1.807, 2.05) is 54.3 Å². The van der Waals surface area contributed by atoms with Crippen molar-refractivity contribution in [2.45, 2.75) is 26.7 Å². The molecule has 1 saturated heterocycles. The Morgan fingerprint density at radius 1 is 0.886 bits per heavy atom. The number of carbonyl (C=O) groups is 1. The van der Waals surface area contributed by atoms with E-state index in [2.05, 4.69) is 41.1 Å². The minimum absolute atomic E-state index is 0.0973. The Balaban J connectivity index is 1.39. The van der Waals surface area contributed by atoms with Gasteiger partial charge in [0.25, 0.3) is 5.91 Å². The van der Waals surface area contributed by atoms with Gasteiger partial charge in [-0.05, 0) is 54.8 Å². The van der Waals surface area contributed by atoms with E-state index in [-0.39, 0.29) is 5.91 Å². The topological polar surface area (TPSA) is 49.3 Å². The highest BCUT2D eigenvalue weighted by molar-refractivity contribution is 6.30. The monoisotopic (exact) mass is 484 g/mol. The molecule has 1 aliphatic rings. The zero-order valence-corrected chi connectivity index (χ0v) is 20.9. The van der Waals surface area contributed by atoms with Crippen LogP contribution in [0.1, 0.15) is 39.4 Å². The van der Waals surface area contributed by atoms with E-state index in [0.717, 1.165) is 76.7 Å². The third-order valence-corrected chi connectivity index (χ3v) is 6.95. The minimum atomic E-state index is 0.0973. The first-order valence-electron chi connectivity index (χ1n) is 12.1. The molecule has 178 valence electrons. The molecular formula is C29H29ClN4O. The van der Waals surface area contributed by atoms with Gasteiger partial charge >= 0.3 is 0 Å². The molecule has 0 saturated carbocycles. The quantitative estimate of drug-likeness (QED) is 0.365. The maximum Gasteiger partial charge on any atom is 0.254 e. The number of carbonyl (C=O) groups excluding carboxylic acids is 1. The molecule has 1 amide bonds. The summed E-state index contributed by atoms with van der Waals surface area (Å²) in [5.74, 6) is 1.84. The van der Waals surface area contributed by atoms with E-state index in [4.69, 9.17) is 16.6 Å². The number of nitrogens with zero attached hydrogens (tertiary/aromatic N) is 4. The van der Waals surface area contributed by atoms with Gasteiger partial charge in [0.05, 0.1) is 0 Å². The summed E-state index contributed by atoms with van der Waals surface area (Å²) in [6, 6.07) is 22.0. The van der Waals surface area contributed by atoms with E-state index >= 15 is 0 Å². The number of aromatic nitrogens is 2. The Bertz CT molecular complexity index is 1360. The van der Waals surface area contributed by atoms with Crippen molar-refractivity contribution in [2.75, 3.05) is 31.1 Å². The summed E-state index contributed by atoms with van der Waals surface area (Å²) < 4.78 is 0. The number of rotatable bonds is 4. The lowest BCUT2D eigenvalue weighted by atomic mass is 10.0. The number of amides is 1. The second-order valence-electron chi connectivity index (χ2n) is 9.12. The Hall–Kier alpha value is -3.44. The Morgan fingerprint density at radius 3 is 2.49 bits per heavy atom. The average Bonchev–Trinajstić information content (AvgIpc) is 3.12. The highest BCUT2D eigenvalue weighted by atomic mass is 35.5. The zero-order chi connectivity index (χ0) is 24.4. The van der Waals surface area contributed by atoms with Gasteiger partial charge in [0.2, 0.25) is 0 Å². The molecule has 0 unspecified atom stereocenters. The molecule has 1 fully saturated rings. The molecule has 1 aromatic heterocycles. The summed E-state index contributed by atoms with van der Waals surface area (Å²) >= 11 is 6.09. The van der Waals surface area contributed by atoms with Gasteiger partial charge in [0.15, 0.2) is 0 Å². The molecule has 0 radical (unpaired) electrons. The van der Waals surface area contributed by atoms with Crippen molar-refractivity contribution < 1.29 is 4.79 Å². The smallest absolute Gasteiger partial charge is 0.254 e. The Kier molecular flexibility index (Phi) is 6.69. The van der Waals surface area contributed by atoms with Crippen LogP contribution in [-0.4, -0.2) is 47.0 Å². The number of halogens is 1. The van der Waals surface area contributed by atoms with Gasteiger partial charge in [0, 0.05) is 54.4 Å². The Morgan fingerprint density at radius 2 is 1.66 bits per heavy atom. The summed E-state index contributed by atoms with van der Waals surface area (Å²) in [5.41, 5.74) is 4.07. The molecule has 6 heteroatoms. The second kappa shape index (κ2) is 10.0. The summed E-state index contributed by atoms with van der Waals surface area (Å²) in [4.78, 5) is 27.4. The molecule has 5 nitrogen and oxygen atoms in total. The SMILES string of the molecule is Cc1nc(C)c(Cc2ccc(Cl)cc2)c(N2CCCN(C(=O)c3cccc4ccccc34)CC2)n1. The number of benzene rings is 3. The summed E-state index contributed by atoms with van der Waals surface area (Å²) in [5, 5.41) is 2.83. The number of fused-ring (bicyclic) bond motifs is 1. The van der Waals surface area contributed by atoms with Crippen LogP contribution in [0.2, 0.25) is 5.02 Å². The number of anilines is 1. The third kappa shape index (κ3) is 5.01. The standard InChI is InChI=1S/C29H29ClN4O/c1-20-27(19-22-11-13-24(30)14-12-22)28(32-21(2)31-20)33-15-6-16-34(18-17-33)29(35)26-10-5-8-23-7-3-4-9-25(23)26/h3-5,7-14H,6,15-19H2,1-2H3. The van der Waals surface area contributed by atoms with Crippen LogP contribution < -0.4 is 4.90 Å². The maximum absolute atomic E-state index is 13.5. The van der Waals surface area contributed by atoms with Crippen molar-refractivity contribution in [1.82, 2.24) is 14.9 Å². The minimum Gasteiger partial charge on any atom is -0.354 e. The molecule has 1 aliphatic heterocycles. The maximum atomic E-state index is 13.5. The van der Waals surface area contributed by atoms with Gasteiger partial charge in [0.1, 0.15) is 11.6 Å². The molecule has 5 rings (SSSR count). The van der Waals surface area contributed by atoms with Crippen LogP contribution in [0.4, 0.5) is 5.82 Å². The first-order chi connectivity index (χ1) is 17.0. The first-order valence-corrected chi connectivity index (χ1v) is 12.5. The lowest BCUT2D eigenvalue weighted by molar-refractivity contribution is 0.0769. The first kappa shape index (κ1) is 23.3. The van der Waals surface area contributed by atoms with Crippen molar-refractivity contribution in [3.63, 3.8) is 0 Å². The number of aryl methyl sites for hydroxylation is 2. The molecule has 4 aromatic rings. The number of hydrogen-bond acceptors (Lipinski definition) is 4. The van der Waals surface area contributed by atoms with E-state index in [9.17, 15) is 4.79 Å². The van der Waals surface area contributed by atoms with Gasteiger partial charge in [-0.25, -0.2) is 9.97 Å². The lowest BCUT2D eigenvalue weighted by Gasteiger charge is -2.26. The van der Waals surface area contributed by atoms with Gasteiger partial charge in [-0.3, -0.25) is 4.79 Å². The summed E-state index contributed by atoms with van der Waals surface area (Å²) in [6.45, 7) is 6.97. The van der Waals surface area contributed by atoms with E-state index in [0.29, 0.717) is 6.54 Å². The van der Waals surface area contributed by atoms with Crippen molar-refractivity contribution in [2.24, 2.45) is 0 Å². The van der Waals surface area contributed by atoms with E-state index < -0.39 is 0 Å². The predicted octanol–water partition coefficient (Wildman–Crippen LogP) is 5.84. The lowest BCUT2D eigenvalue weighted by Crippen LogP contribution is -2.36. The molecule has 0 N–H and O–H groups in total. The van der Waals surface area contributed by atoms with Crippen molar-refractivity contribution in [3.05, 3.63) is 100.0 Å². The Labute approximate surface area is 211 Å². The fourth-order valence-corrected chi connectivity index (χ4v) is 5.03. The van der Waals surface area contributed by atoms with Crippen LogP contribution in [0.25, 0.3) is 10.8 Å². The van der Waals surface area contributed by atoms with E-state index in [1.165, 1.54) is 5.56 Å². The molecule has 3 aromatic carbocycles. The van der Waals surface area contributed by atoms with Crippen molar-refractivity contribution in [3.8, 4) is 0 Å². The molecular weight excluding hydrogens is 456 g/mol. The summed E-state index contributed by atoms with van der Waals surface area (Å²) in [7, 11) is 0. The van der Waals surface area contributed by atoms with Crippen LogP contribution in [0.15, 0.2) is 66.7 Å². The fourth-order valence-electron chi connectivity index (χ4n) is 4.91. The van der Waals surface area contributed by atoms with Crippen molar-refractivity contribution in [1.29, 1.82) is 0 Å². The molecule has 0 spiro atoms. The van der Waals surface area contributed by atoms with Crippen LogP contribution in [0.5, 0.6) is 0 Å². The molecule has 35 heavy (non-hydrogen) atoms. The van der Waals surface area contributed by atoms with Crippen LogP contribution in [0.3, 0.4) is 0 Å². The number of hydrogen-bond donors (Lipinski definition) is 0. The fraction of sp³-hybridized carbons (Fsp3) is 0.276. The van der Waals surface area contributed by atoms with Crippen LogP contribution in [0, 0.1) is 13.8 Å². The van der Waals surface area contributed by atoms with Gasteiger partial charge < -0.3 is 9.80 Å². The normalized spacial score (nSPS) is 14.3. The molecule has 0 bridgehead atoms. The highest BCUT2D eigenvalue weighted by Crippen LogP contribution is 2.27. The average molecular weight is 485 g/mol. The van der Waals surface area contributed by atoms with Crippen LogP contribution in [-0.2, 0) is 6.42 Å². The second-order valence-corrected chi connectivity index (χ2v) is 9.56. The van der Waals surface area contributed by atoms with Gasteiger partial charge in [-0.1, -0.05) is 60.1 Å². The highest BCUT2D eigenvalue weighted by Gasteiger charge is 2.24. The molecule has 0 atom stereocenters. The van der Waals surface area contributed by atoms with Crippen LogP contribution >= 0.6 is 11.6 Å². The van der Waals surface area contributed by atoms with E-state index in [1.54, 1.807) is 0 Å².